The molecule has 1 aliphatic heterocycles. The van der Waals surface area contributed by atoms with E-state index in [0.29, 0.717) is 17.0 Å². The zero-order valence-corrected chi connectivity index (χ0v) is 20.7. The Morgan fingerprint density at radius 1 is 0.972 bits per heavy atom. The van der Waals surface area contributed by atoms with E-state index in [1.807, 2.05) is 81.0 Å². The molecule has 182 valence electrons. The van der Waals surface area contributed by atoms with Crippen molar-refractivity contribution < 1.29 is 19.4 Å². The van der Waals surface area contributed by atoms with Crippen molar-refractivity contribution in [3.8, 4) is 5.75 Å². The van der Waals surface area contributed by atoms with Crippen LogP contribution in [-0.4, -0.2) is 27.5 Å². The van der Waals surface area contributed by atoms with Crippen molar-refractivity contribution in [1.82, 2.24) is 4.57 Å². The number of hydrogen-bond acceptors (Lipinski definition) is 4. The van der Waals surface area contributed by atoms with Crippen LogP contribution in [0, 0.1) is 6.92 Å². The Morgan fingerprint density at radius 2 is 1.67 bits per heavy atom. The number of ether oxygens (including phenoxy) is 1. The van der Waals surface area contributed by atoms with Crippen LogP contribution in [-0.2, 0) is 16.6 Å². The number of carbonyl (C=O) groups is 2. The zero-order valence-electron chi connectivity index (χ0n) is 20.7. The molecule has 1 fully saturated rings. The zero-order chi connectivity index (χ0) is 25.6. The van der Waals surface area contributed by atoms with Gasteiger partial charge in [-0.2, -0.15) is 0 Å². The molecule has 0 radical (unpaired) electrons. The Morgan fingerprint density at radius 3 is 2.36 bits per heavy atom. The van der Waals surface area contributed by atoms with Gasteiger partial charge in [0.25, 0.3) is 11.7 Å². The van der Waals surface area contributed by atoms with E-state index in [2.05, 4.69) is 0 Å². The van der Waals surface area contributed by atoms with E-state index in [1.165, 1.54) is 4.90 Å². The van der Waals surface area contributed by atoms with Gasteiger partial charge in [0.15, 0.2) is 0 Å². The van der Waals surface area contributed by atoms with Crippen LogP contribution in [0.4, 0.5) is 5.69 Å². The highest BCUT2D eigenvalue weighted by atomic mass is 16.5. The van der Waals surface area contributed by atoms with E-state index in [9.17, 15) is 14.7 Å². The van der Waals surface area contributed by atoms with Crippen molar-refractivity contribution in [2.75, 3.05) is 4.90 Å². The van der Waals surface area contributed by atoms with E-state index in [4.69, 9.17) is 4.74 Å². The summed E-state index contributed by atoms with van der Waals surface area (Å²) in [7, 11) is 1.93. The summed E-state index contributed by atoms with van der Waals surface area (Å²) in [5.41, 5.74) is 3.68. The highest BCUT2D eigenvalue weighted by Crippen LogP contribution is 2.44. The number of Topliss-reactive ketones (excluding diaryl/α,β-unsaturated/α-hetero) is 1. The van der Waals surface area contributed by atoms with E-state index < -0.39 is 17.7 Å². The molecule has 1 N–H and O–H groups in total. The Labute approximate surface area is 210 Å². The molecule has 6 nitrogen and oxygen atoms in total. The lowest BCUT2D eigenvalue weighted by molar-refractivity contribution is -0.132. The normalized spacial score (nSPS) is 17.4. The van der Waals surface area contributed by atoms with Crippen LogP contribution >= 0.6 is 0 Å². The number of benzene rings is 3. The summed E-state index contributed by atoms with van der Waals surface area (Å²) in [5.74, 6) is -0.882. The molecule has 1 saturated heterocycles. The van der Waals surface area contributed by atoms with Crippen molar-refractivity contribution in [3.05, 3.63) is 101 Å². The third-order valence-electron chi connectivity index (χ3n) is 6.51. The highest BCUT2D eigenvalue weighted by Gasteiger charge is 2.47. The summed E-state index contributed by atoms with van der Waals surface area (Å²) in [4.78, 5) is 28.4. The van der Waals surface area contributed by atoms with E-state index >= 15 is 0 Å². The molecule has 3 aromatic carbocycles. The first-order valence-electron chi connectivity index (χ1n) is 12.0. The largest absolute Gasteiger partial charge is 0.507 e. The van der Waals surface area contributed by atoms with Gasteiger partial charge in [-0.15, -0.1) is 0 Å². The number of aryl methyl sites for hydroxylation is 2. The van der Waals surface area contributed by atoms with Gasteiger partial charge in [-0.1, -0.05) is 36.4 Å². The van der Waals surface area contributed by atoms with Gasteiger partial charge in [-0.3, -0.25) is 14.5 Å². The Hall–Kier alpha value is -4.32. The number of hydrogen-bond donors (Lipinski definition) is 1. The van der Waals surface area contributed by atoms with Crippen LogP contribution in [0.5, 0.6) is 5.75 Å². The molecule has 1 aliphatic rings. The fraction of sp³-hybridized carbons (Fsp3) is 0.200. The minimum absolute atomic E-state index is 0.00528. The summed E-state index contributed by atoms with van der Waals surface area (Å²) in [6.45, 7) is 5.78. The lowest BCUT2D eigenvalue weighted by Gasteiger charge is -2.25. The second-order valence-electron chi connectivity index (χ2n) is 9.36. The van der Waals surface area contributed by atoms with Gasteiger partial charge in [0.1, 0.15) is 11.5 Å². The molecule has 0 aliphatic carbocycles. The number of nitrogens with zero attached hydrogens (tertiary/aromatic N) is 2. The molecule has 1 unspecified atom stereocenters. The number of carbonyl (C=O) groups excluding carboxylic acids is 2. The molecule has 2 heterocycles. The number of para-hydroxylation sites is 2. The number of ketones is 1. The lowest BCUT2D eigenvalue weighted by atomic mass is 9.94. The second kappa shape index (κ2) is 9.04. The van der Waals surface area contributed by atoms with Gasteiger partial charge in [0.05, 0.1) is 17.7 Å². The first-order valence-corrected chi connectivity index (χ1v) is 12.0. The van der Waals surface area contributed by atoms with E-state index in [1.54, 1.807) is 30.3 Å². The minimum Gasteiger partial charge on any atom is -0.507 e. The van der Waals surface area contributed by atoms with Gasteiger partial charge in [-0.25, -0.2) is 0 Å². The van der Waals surface area contributed by atoms with Crippen molar-refractivity contribution in [2.45, 2.75) is 32.9 Å². The smallest absolute Gasteiger partial charge is 0.300 e. The topological polar surface area (TPSA) is 71.8 Å². The minimum atomic E-state index is -0.787. The van der Waals surface area contributed by atoms with Gasteiger partial charge in [-0.05, 0) is 62.7 Å². The first-order chi connectivity index (χ1) is 17.3. The van der Waals surface area contributed by atoms with Crippen molar-refractivity contribution in [2.24, 2.45) is 7.05 Å². The van der Waals surface area contributed by atoms with Crippen LogP contribution in [0.1, 0.15) is 36.6 Å². The number of aliphatic hydroxyl groups is 1. The van der Waals surface area contributed by atoms with Gasteiger partial charge in [0.2, 0.25) is 0 Å². The number of aromatic nitrogens is 1. The van der Waals surface area contributed by atoms with Crippen molar-refractivity contribution in [1.29, 1.82) is 0 Å². The van der Waals surface area contributed by atoms with Crippen LogP contribution in [0.15, 0.2) is 84.6 Å². The Kier molecular flexibility index (Phi) is 5.88. The van der Waals surface area contributed by atoms with E-state index in [0.717, 1.165) is 22.0 Å². The van der Waals surface area contributed by atoms with Crippen molar-refractivity contribution in [3.63, 3.8) is 0 Å². The maximum atomic E-state index is 13.5. The van der Waals surface area contributed by atoms with Gasteiger partial charge in [0, 0.05) is 41.0 Å². The maximum absolute atomic E-state index is 13.5. The van der Waals surface area contributed by atoms with Crippen LogP contribution < -0.4 is 9.64 Å². The first kappa shape index (κ1) is 23.4. The number of amides is 1. The van der Waals surface area contributed by atoms with Gasteiger partial charge < -0.3 is 14.4 Å². The predicted molar refractivity (Wildman–Crippen MR) is 141 cm³/mol. The summed E-state index contributed by atoms with van der Waals surface area (Å²) in [6, 6.07) is 21.4. The fourth-order valence-electron chi connectivity index (χ4n) is 4.91. The maximum Gasteiger partial charge on any atom is 0.300 e. The Balaban J connectivity index is 1.74. The molecule has 0 spiro atoms. The molecular weight excluding hydrogens is 452 g/mol. The molecule has 6 heteroatoms. The highest BCUT2D eigenvalue weighted by molar-refractivity contribution is 6.51. The molecule has 0 bridgehead atoms. The third-order valence-corrected chi connectivity index (χ3v) is 6.51. The lowest BCUT2D eigenvalue weighted by Crippen LogP contribution is -2.29. The number of aliphatic hydroxyl groups excluding tert-OH is 1. The molecule has 1 amide bonds. The SMILES string of the molecule is Cc1cc(/C(O)=C2\C(=O)C(=O)N(c3ccccc3)C2c2cn(C)c3ccccc23)ccc1OC(C)C. The molecule has 0 saturated carbocycles. The summed E-state index contributed by atoms with van der Waals surface area (Å²) in [6.07, 6.45) is 1.93. The average molecular weight is 481 g/mol. The van der Waals surface area contributed by atoms with Gasteiger partial charge >= 0.3 is 0 Å². The van der Waals surface area contributed by atoms with Crippen LogP contribution in [0.3, 0.4) is 0 Å². The number of rotatable bonds is 5. The number of anilines is 1. The quantitative estimate of drug-likeness (QED) is 0.219. The molecule has 1 aromatic heterocycles. The van der Waals surface area contributed by atoms with Crippen LogP contribution in [0.25, 0.3) is 16.7 Å². The summed E-state index contributed by atoms with van der Waals surface area (Å²) in [5, 5.41) is 12.4. The fourth-order valence-corrected chi connectivity index (χ4v) is 4.91. The Bertz CT molecular complexity index is 1510. The number of fused-ring (bicyclic) bond motifs is 1. The van der Waals surface area contributed by atoms with Crippen molar-refractivity contribution >= 4 is 34.0 Å². The monoisotopic (exact) mass is 480 g/mol. The third kappa shape index (κ3) is 3.85. The second-order valence-corrected chi connectivity index (χ2v) is 9.36. The summed E-state index contributed by atoms with van der Waals surface area (Å²) >= 11 is 0. The molecule has 36 heavy (non-hydrogen) atoms. The average Bonchev–Trinajstić information content (AvgIpc) is 3.33. The molecule has 4 aromatic rings. The van der Waals surface area contributed by atoms with Crippen LogP contribution in [0.2, 0.25) is 0 Å². The summed E-state index contributed by atoms with van der Waals surface area (Å²) < 4.78 is 7.80. The molecule has 1 atom stereocenters. The standard InChI is InChI=1S/C30H28N2O4/c1-18(2)36-25-15-14-20(16-19(25)3)28(33)26-27(23-17-31(4)24-13-9-8-12-22(23)24)32(30(35)29(26)34)21-10-6-5-7-11-21/h5-18,27,33H,1-4H3/b28-26+. The molecular formula is C30H28N2O4. The molecule has 5 rings (SSSR count). The van der Waals surface area contributed by atoms with E-state index in [-0.39, 0.29) is 17.4 Å². The predicted octanol–water partition coefficient (Wildman–Crippen LogP) is 5.90.